The molecule has 1 rings (SSSR count). The van der Waals surface area contributed by atoms with E-state index in [4.69, 9.17) is 4.74 Å². The molecule has 0 radical (unpaired) electrons. The summed E-state index contributed by atoms with van der Waals surface area (Å²) in [5, 5.41) is 6.27. The molecule has 5 nitrogen and oxygen atoms in total. The summed E-state index contributed by atoms with van der Waals surface area (Å²) in [7, 11) is 0. The van der Waals surface area contributed by atoms with Crippen LogP contribution in [-0.4, -0.2) is 31.5 Å². The van der Waals surface area contributed by atoms with Crippen molar-refractivity contribution in [3.63, 3.8) is 0 Å². The van der Waals surface area contributed by atoms with Crippen LogP contribution in [0.15, 0.2) is 18.2 Å². The molecule has 5 heteroatoms. The molecular formula is C54H100N2O3. The highest BCUT2D eigenvalue weighted by molar-refractivity contribution is 6.00. The van der Waals surface area contributed by atoms with E-state index in [-0.39, 0.29) is 11.8 Å². The zero-order valence-electron chi connectivity index (χ0n) is 39.9. The largest absolute Gasteiger partial charge is 0.493 e. The Labute approximate surface area is 367 Å². The van der Waals surface area contributed by atoms with Gasteiger partial charge in [-0.15, -0.1) is 0 Å². The summed E-state index contributed by atoms with van der Waals surface area (Å²) in [5.74, 6) is 0.360. The first-order valence-corrected chi connectivity index (χ1v) is 26.5. The highest BCUT2D eigenvalue weighted by Crippen LogP contribution is 2.23. The van der Waals surface area contributed by atoms with Crippen LogP contribution in [0.4, 0.5) is 0 Å². The number of ether oxygens (including phenoxy) is 1. The molecule has 0 unspecified atom stereocenters. The average molecular weight is 825 g/mol. The van der Waals surface area contributed by atoms with Crippen molar-refractivity contribution in [3.8, 4) is 5.75 Å². The van der Waals surface area contributed by atoms with Crippen molar-refractivity contribution >= 4 is 11.8 Å². The fraction of sp³-hybridized carbons (Fsp3) is 0.852. The zero-order chi connectivity index (χ0) is 42.5. The Morgan fingerprint density at radius 3 is 1.00 bits per heavy atom. The number of nitrogens with one attached hydrogen (secondary N) is 2. The molecule has 59 heavy (non-hydrogen) atoms. The Bertz CT molecular complexity index is 1060. The topological polar surface area (TPSA) is 67.4 Å². The number of carbonyl (C=O) groups excluding carboxylic acids is 2. The van der Waals surface area contributed by atoms with Gasteiger partial charge in [0.25, 0.3) is 11.8 Å². The minimum absolute atomic E-state index is 0.0794. The highest BCUT2D eigenvalue weighted by Gasteiger charge is 2.16. The molecule has 0 aliphatic carbocycles. The van der Waals surface area contributed by atoms with Crippen LogP contribution in [-0.2, 0) is 0 Å². The quantitative estimate of drug-likeness (QED) is 0.0644. The summed E-state index contributed by atoms with van der Waals surface area (Å²) < 4.78 is 6.27. The maximum atomic E-state index is 13.4. The third-order valence-electron chi connectivity index (χ3n) is 12.4. The first kappa shape index (κ1) is 55.0. The van der Waals surface area contributed by atoms with Gasteiger partial charge in [0.1, 0.15) is 5.75 Å². The molecule has 2 N–H and O–H groups in total. The molecular weight excluding hydrogens is 725 g/mol. The zero-order valence-corrected chi connectivity index (χ0v) is 39.9. The second kappa shape index (κ2) is 44.0. The number of amides is 2. The van der Waals surface area contributed by atoms with Crippen molar-refractivity contribution in [1.29, 1.82) is 0 Å². The molecule has 0 spiro atoms. The van der Waals surface area contributed by atoms with Crippen molar-refractivity contribution in [1.82, 2.24) is 10.6 Å². The van der Waals surface area contributed by atoms with Crippen molar-refractivity contribution in [2.24, 2.45) is 0 Å². The van der Waals surface area contributed by atoms with Crippen LogP contribution in [0, 0.1) is 0 Å². The van der Waals surface area contributed by atoms with Crippen molar-refractivity contribution in [2.45, 2.75) is 278 Å². The van der Waals surface area contributed by atoms with Crippen molar-refractivity contribution in [3.05, 3.63) is 29.3 Å². The summed E-state index contributed by atoms with van der Waals surface area (Å²) in [6.45, 7) is 8.78. The fourth-order valence-electron chi connectivity index (χ4n) is 8.34. The monoisotopic (exact) mass is 825 g/mol. The van der Waals surface area contributed by atoms with Crippen molar-refractivity contribution in [2.75, 3.05) is 19.7 Å². The first-order valence-electron chi connectivity index (χ1n) is 26.5. The molecule has 2 amide bonds. The Morgan fingerprint density at radius 1 is 0.373 bits per heavy atom. The Kier molecular flexibility index (Phi) is 41.0. The fourth-order valence-corrected chi connectivity index (χ4v) is 8.34. The average Bonchev–Trinajstić information content (AvgIpc) is 3.25. The molecule has 0 aliphatic rings. The van der Waals surface area contributed by atoms with Crippen LogP contribution in [0.1, 0.15) is 298 Å². The molecule has 0 aliphatic heterocycles. The van der Waals surface area contributed by atoms with Gasteiger partial charge in [0.05, 0.1) is 12.2 Å². The van der Waals surface area contributed by atoms with Gasteiger partial charge in [-0.1, -0.05) is 258 Å². The lowest BCUT2D eigenvalue weighted by Gasteiger charge is -2.14. The van der Waals surface area contributed by atoms with Gasteiger partial charge in [-0.05, 0) is 37.5 Å². The van der Waals surface area contributed by atoms with Gasteiger partial charge >= 0.3 is 0 Å². The second-order valence-electron chi connectivity index (χ2n) is 18.2. The first-order chi connectivity index (χ1) is 29.1. The lowest BCUT2D eigenvalue weighted by Crippen LogP contribution is -2.26. The van der Waals surface area contributed by atoms with Gasteiger partial charge in [0.15, 0.2) is 0 Å². The summed E-state index contributed by atoms with van der Waals surface area (Å²) in [6, 6.07) is 5.38. The second-order valence-corrected chi connectivity index (χ2v) is 18.2. The number of hydrogen-bond donors (Lipinski definition) is 2. The van der Waals surface area contributed by atoms with Crippen LogP contribution in [0.2, 0.25) is 0 Å². The molecule has 1 aromatic rings. The van der Waals surface area contributed by atoms with Gasteiger partial charge in [0.2, 0.25) is 0 Å². The predicted octanol–water partition coefficient (Wildman–Crippen LogP) is 17.2. The van der Waals surface area contributed by atoms with Crippen LogP contribution in [0.25, 0.3) is 0 Å². The Balaban J connectivity index is 2.41. The molecule has 1 aromatic carbocycles. The summed E-state index contributed by atoms with van der Waals surface area (Å²) in [6.07, 6.45) is 52.7. The van der Waals surface area contributed by atoms with Crippen LogP contribution in [0.5, 0.6) is 5.75 Å². The smallest absolute Gasteiger partial charge is 0.255 e. The summed E-state index contributed by atoms with van der Waals surface area (Å²) in [4.78, 5) is 26.5. The number of carbonyl (C=O) groups is 2. The predicted molar refractivity (Wildman–Crippen MR) is 258 cm³/mol. The van der Waals surface area contributed by atoms with Crippen LogP contribution >= 0.6 is 0 Å². The SMILES string of the molecule is CCCCCCCCCCCCCCCCOc1cc(C(=O)NCCCCCCCCCCCCCCC)ccc1C(=O)NCCCCCCCCCCCCCCC. The van der Waals surface area contributed by atoms with E-state index in [1.54, 1.807) is 18.2 Å². The van der Waals surface area contributed by atoms with Crippen LogP contribution < -0.4 is 15.4 Å². The number of unbranched alkanes of at least 4 members (excludes halogenated alkanes) is 37. The van der Waals surface area contributed by atoms with E-state index in [1.807, 2.05) is 0 Å². The molecule has 344 valence electrons. The highest BCUT2D eigenvalue weighted by atomic mass is 16.5. The van der Waals surface area contributed by atoms with E-state index in [9.17, 15) is 9.59 Å². The van der Waals surface area contributed by atoms with Gasteiger partial charge in [-0.2, -0.15) is 0 Å². The minimum Gasteiger partial charge on any atom is -0.493 e. The lowest BCUT2D eigenvalue weighted by molar-refractivity contribution is 0.0937. The minimum atomic E-state index is -0.0983. The number of benzene rings is 1. The normalized spacial score (nSPS) is 11.3. The van der Waals surface area contributed by atoms with E-state index < -0.39 is 0 Å². The van der Waals surface area contributed by atoms with Crippen molar-refractivity contribution < 1.29 is 14.3 Å². The number of rotatable bonds is 46. The van der Waals surface area contributed by atoms with Crippen LogP contribution in [0.3, 0.4) is 0 Å². The standard InChI is InChI=1S/C54H100N2O3/c1-4-7-10-13-16-19-22-25-28-31-34-37-40-43-48-59-52-49-50(53(57)55-46-41-38-35-32-29-26-23-20-17-14-11-8-5-2)44-45-51(52)54(58)56-47-42-39-36-33-30-27-24-21-18-15-12-9-6-3/h44-45,49H,4-43,46-48H2,1-3H3,(H,55,57)(H,56,58). The summed E-state index contributed by atoms with van der Waals surface area (Å²) >= 11 is 0. The lowest BCUT2D eigenvalue weighted by atomic mass is 10.0. The Morgan fingerprint density at radius 2 is 0.661 bits per heavy atom. The molecule has 0 aromatic heterocycles. The molecule has 0 saturated heterocycles. The maximum absolute atomic E-state index is 13.4. The third kappa shape index (κ3) is 35.3. The maximum Gasteiger partial charge on any atom is 0.255 e. The number of hydrogen-bond acceptors (Lipinski definition) is 3. The summed E-state index contributed by atoms with van der Waals surface area (Å²) in [5.41, 5.74) is 1.11. The van der Waals surface area contributed by atoms with Gasteiger partial charge in [0, 0.05) is 18.7 Å². The van der Waals surface area contributed by atoms with E-state index >= 15 is 0 Å². The Hall–Kier alpha value is -2.04. The van der Waals surface area contributed by atoms with Gasteiger partial charge in [-0.25, -0.2) is 0 Å². The molecule has 0 bridgehead atoms. The third-order valence-corrected chi connectivity index (χ3v) is 12.4. The van der Waals surface area contributed by atoms with Gasteiger partial charge < -0.3 is 15.4 Å². The molecule has 0 saturated carbocycles. The molecule has 0 heterocycles. The van der Waals surface area contributed by atoms with E-state index in [0.717, 1.165) is 38.5 Å². The van der Waals surface area contributed by atoms with E-state index in [1.165, 1.54) is 218 Å². The molecule has 0 fully saturated rings. The van der Waals surface area contributed by atoms with E-state index in [0.29, 0.717) is 36.6 Å². The molecule has 0 atom stereocenters. The van der Waals surface area contributed by atoms with Gasteiger partial charge in [-0.3, -0.25) is 9.59 Å². The van der Waals surface area contributed by atoms with E-state index in [2.05, 4.69) is 31.4 Å².